The number of carbonyl (C=O) groups is 1. The zero-order valence-corrected chi connectivity index (χ0v) is 20.7. The average molecular weight is 526 g/mol. The van der Waals surface area contributed by atoms with E-state index in [2.05, 4.69) is 111 Å². The number of urea groups is 1. The Morgan fingerprint density at radius 2 is 1.41 bits per heavy atom. The van der Waals surface area contributed by atoms with Gasteiger partial charge < -0.3 is 45.9 Å². The van der Waals surface area contributed by atoms with Crippen LogP contribution in [-0.2, 0) is 14.2 Å². The van der Waals surface area contributed by atoms with Crippen molar-refractivity contribution >= 4 is 6.03 Å². The predicted molar refractivity (Wildman–Crippen MR) is 140 cm³/mol. The lowest BCUT2D eigenvalue weighted by molar-refractivity contribution is -0.267. The molecule has 196 valence electrons. The molecule has 10 nitrogen and oxygen atoms in total. The van der Waals surface area contributed by atoms with Crippen LogP contribution in [0.2, 0.25) is 0 Å². The molecule has 0 aromatic carbocycles. The topological polar surface area (TPSA) is 156 Å². The fraction of sp³-hybridized carbons (Fsp3) is 0.345. The average Bonchev–Trinajstić information content (AvgIpc) is 2.94. The van der Waals surface area contributed by atoms with Gasteiger partial charge in [0, 0.05) is 54.4 Å². The van der Waals surface area contributed by atoms with Crippen molar-refractivity contribution < 1.29 is 34.3 Å². The van der Waals surface area contributed by atoms with E-state index in [4.69, 9.17) is 26.4 Å². The first-order valence-electron chi connectivity index (χ1n) is 11.0. The smallest absolute Gasteiger partial charge is 0.314 e. The van der Waals surface area contributed by atoms with Crippen molar-refractivity contribution in [1.29, 1.82) is 0 Å². The largest absolute Gasteiger partial charge is 0.444 e. The molecule has 0 saturated carbocycles. The number of terminal acetylenes is 1. The van der Waals surface area contributed by atoms with Gasteiger partial charge in [0.25, 0.3) is 0 Å². The number of rotatable bonds is 7. The third-order valence-electron chi connectivity index (χ3n) is 4.31. The minimum atomic E-state index is -1.38. The number of hydrogen-bond acceptors (Lipinski definition) is 8. The Morgan fingerprint density at radius 3 is 1.90 bits per heavy atom. The molecule has 1 heterocycles. The van der Waals surface area contributed by atoms with Gasteiger partial charge >= 0.3 is 6.03 Å². The number of amides is 2. The summed E-state index contributed by atoms with van der Waals surface area (Å²) in [5.74, 6) is 38.7. The van der Waals surface area contributed by atoms with Crippen LogP contribution < -0.4 is 16.4 Å². The molecule has 0 radical (unpaired) electrons. The summed E-state index contributed by atoms with van der Waals surface area (Å²) in [7, 11) is 1.43. The Hall–Kier alpha value is -5.13. The molecule has 1 aliphatic heterocycles. The van der Waals surface area contributed by atoms with Crippen molar-refractivity contribution in [1.82, 2.24) is 10.6 Å². The van der Waals surface area contributed by atoms with Gasteiger partial charge in [-0.15, -0.1) is 6.42 Å². The quantitative estimate of drug-likeness (QED) is 0.189. The van der Waals surface area contributed by atoms with Gasteiger partial charge in [0.2, 0.25) is 0 Å². The van der Waals surface area contributed by atoms with Crippen LogP contribution in [0.3, 0.4) is 0 Å². The second kappa shape index (κ2) is 20.0. The highest BCUT2D eigenvalue weighted by molar-refractivity contribution is 5.73. The van der Waals surface area contributed by atoms with E-state index in [1.165, 1.54) is 7.05 Å². The van der Waals surface area contributed by atoms with Crippen molar-refractivity contribution in [2.24, 2.45) is 5.73 Å². The van der Waals surface area contributed by atoms with Crippen molar-refractivity contribution in [3.63, 3.8) is 0 Å². The van der Waals surface area contributed by atoms with Crippen molar-refractivity contribution in [2.75, 3.05) is 26.9 Å². The van der Waals surface area contributed by atoms with Gasteiger partial charge in [-0.2, -0.15) is 0 Å². The Balaban J connectivity index is 2.57. The highest BCUT2D eigenvalue weighted by Gasteiger charge is 2.43. The summed E-state index contributed by atoms with van der Waals surface area (Å²) in [6.45, 7) is -0.791. The van der Waals surface area contributed by atoms with Gasteiger partial charge in [0.15, 0.2) is 6.29 Å². The lowest BCUT2D eigenvalue weighted by Gasteiger charge is -2.40. The summed E-state index contributed by atoms with van der Waals surface area (Å²) in [5, 5.41) is 34.1. The lowest BCUT2D eigenvalue weighted by atomic mass is 9.98. The maximum absolute atomic E-state index is 11.7. The Morgan fingerprint density at radius 1 is 0.897 bits per heavy atom. The van der Waals surface area contributed by atoms with Gasteiger partial charge in [0.05, 0.1) is 25.3 Å². The van der Waals surface area contributed by atoms with Crippen molar-refractivity contribution in [3.05, 3.63) is 0 Å². The summed E-state index contributed by atoms with van der Waals surface area (Å²) in [6, 6.07) is -2.30. The molecule has 5 unspecified atom stereocenters. The van der Waals surface area contributed by atoms with Gasteiger partial charge in [0.1, 0.15) is 31.0 Å². The SMILES string of the molecule is C#CC#CC#CC#CC#CC#CC#CC#CC#COC[C@H](COC1OC(CO)C(O)C(O)C1N)NC(=O)NC. The first-order chi connectivity index (χ1) is 18.9. The fourth-order valence-corrected chi connectivity index (χ4v) is 2.50. The molecular weight excluding hydrogens is 502 g/mol. The third-order valence-corrected chi connectivity index (χ3v) is 4.31. The number of nitrogens with one attached hydrogen (secondary N) is 2. The number of hydrogen-bond donors (Lipinski definition) is 6. The monoisotopic (exact) mass is 525 g/mol. The zero-order valence-electron chi connectivity index (χ0n) is 20.7. The number of nitrogens with two attached hydrogens (primary N) is 1. The van der Waals surface area contributed by atoms with E-state index in [9.17, 15) is 20.1 Å². The van der Waals surface area contributed by atoms with Gasteiger partial charge in [-0.1, -0.05) is 0 Å². The summed E-state index contributed by atoms with van der Waals surface area (Å²) in [4.78, 5) is 11.7. The molecule has 1 fully saturated rings. The van der Waals surface area contributed by atoms with Crippen LogP contribution in [0.15, 0.2) is 0 Å². The molecule has 0 aromatic heterocycles. The lowest BCUT2D eigenvalue weighted by Crippen LogP contribution is -2.63. The van der Waals surface area contributed by atoms with Gasteiger partial charge in [-0.25, -0.2) is 4.79 Å². The maximum Gasteiger partial charge on any atom is 0.314 e. The van der Waals surface area contributed by atoms with Gasteiger partial charge in [-0.05, 0) is 47.4 Å². The molecule has 10 heteroatoms. The van der Waals surface area contributed by atoms with Crippen LogP contribution >= 0.6 is 0 Å². The molecule has 39 heavy (non-hydrogen) atoms. The molecule has 7 N–H and O–H groups in total. The minimum Gasteiger partial charge on any atom is -0.444 e. The van der Waals surface area contributed by atoms with E-state index >= 15 is 0 Å². The Labute approximate surface area is 227 Å². The zero-order chi connectivity index (χ0) is 28.7. The molecule has 6 atom stereocenters. The van der Waals surface area contributed by atoms with Crippen LogP contribution in [0.25, 0.3) is 0 Å². The van der Waals surface area contributed by atoms with Crippen LogP contribution in [0.1, 0.15) is 0 Å². The molecule has 0 spiro atoms. The maximum atomic E-state index is 11.7. The second-order valence-electron chi connectivity index (χ2n) is 6.97. The number of aliphatic hydroxyl groups excluding tert-OH is 3. The van der Waals surface area contributed by atoms with Crippen molar-refractivity contribution in [3.8, 4) is 107 Å². The van der Waals surface area contributed by atoms with Crippen LogP contribution in [0.5, 0.6) is 0 Å². The summed E-state index contributed by atoms with van der Waals surface area (Å²) < 4.78 is 16.1. The standard InChI is InChI=1S/C29H23N3O7/c1-3-4-5-6-7-8-9-10-11-12-13-14-15-16-17-18-19-37-21-23(32-29(36)31-2)22-38-28-25(30)27(35)26(34)24(20-33)39-28/h1,23-28,33-35H,20-22,30H2,2H3,(H2,31,32,36)/t23-,24?,25?,26?,27?,28?/m1/s1. The van der Waals surface area contributed by atoms with Crippen LogP contribution in [-0.4, -0.2) is 84.9 Å². The van der Waals surface area contributed by atoms with E-state index in [1.807, 2.05) is 0 Å². The summed E-state index contributed by atoms with van der Waals surface area (Å²) >= 11 is 0. The molecule has 0 aliphatic carbocycles. The highest BCUT2D eigenvalue weighted by Crippen LogP contribution is 2.20. The number of ether oxygens (including phenoxy) is 3. The number of aliphatic hydroxyl groups is 3. The minimum absolute atomic E-state index is 0.0960. The van der Waals surface area contributed by atoms with Crippen LogP contribution in [0, 0.1) is 107 Å². The Kier molecular flexibility index (Phi) is 16.3. The van der Waals surface area contributed by atoms with E-state index in [0.29, 0.717) is 0 Å². The van der Waals surface area contributed by atoms with Crippen molar-refractivity contribution in [2.45, 2.75) is 36.7 Å². The third kappa shape index (κ3) is 13.7. The second-order valence-corrected chi connectivity index (χ2v) is 6.97. The van der Waals surface area contributed by atoms with E-state index < -0.39 is 49.3 Å². The van der Waals surface area contributed by atoms with Crippen LogP contribution in [0.4, 0.5) is 4.79 Å². The molecule has 1 rings (SSSR count). The molecule has 0 aromatic rings. The highest BCUT2D eigenvalue weighted by atomic mass is 16.7. The summed E-state index contributed by atoms with van der Waals surface area (Å²) in [5.41, 5.74) is 5.84. The molecular formula is C29H23N3O7. The first-order valence-corrected chi connectivity index (χ1v) is 11.0. The van der Waals surface area contributed by atoms with E-state index in [1.54, 1.807) is 0 Å². The molecule has 1 aliphatic rings. The van der Waals surface area contributed by atoms with Gasteiger partial charge in [-0.3, -0.25) is 0 Å². The molecule has 1 saturated heterocycles. The predicted octanol–water partition coefficient (Wildman–Crippen LogP) is -3.30. The normalized spacial score (nSPS) is 20.4. The number of carbonyl (C=O) groups excluding carboxylic acids is 1. The van der Waals surface area contributed by atoms with E-state index in [0.717, 1.165) is 0 Å². The first kappa shape index (κ1) is 31.9. The Bertz CT molecular complexity index is 1400. The van der Waals surface area contributed by atoms with E-state index in [-0.39, 0.29) is 13.2 Å². The fourth-order valence-electron chi connectivity index (χ4n) is 2.50. The molecule has 2 amide bonds. The molecule has 0 bridgehead atoms. The summed E-state index contributed by atoms with van der Waals surface area (Å²) in [6.07, 6.45) is 2.31.